The average molecular weight is 340 g/mol. The number of hydrogen-bond donors (Lipinski definition) is 1. The van der Waals surface area contributed by atoms with E-state index >= 15 is 0 Å². The van der Waals surface area contributed by atoms with Crippen LogP contribution in [-0.2, 0) is 13.0 Å². The van der Waals surface area contributed by atoms with Crippen molar-refractivity contribution in [2.24, 2.45) is 0 Å². The highest BCUT2D eigenvalue weighted by molar-refractivity contribution is 5.69. The third-order valence-corrected chi connectivity index (χ3v) is 4.38. The maximum atomic E-state index is 13.4. The van der Waals surface area contributed by atoms with Gasteiger partial charge in [0.05, 0.1) is 12.7 Å². The summed E-state index contributed by atoms with van der Waals surface area (Å²) in [6.07, 6.45) is 2.78. The third kappa shape index (κ3) is 2.76. The number of fused-ring (bicyclic) bond motifs is 1. The number of rotatable bonds is 3. The second kappa shape index (κ2) is 6.25. The molecule has 1 aromatic carbocycles. The van der Waals surface area contributed by atoms with Crippen LogP contribution in [0.4, 0.5) is 4.39 Å². The lowest BCUT2D eigenvalue weighted by Gasteiger charge is -2.19. The number of ether oxygens (including phenoxy) is 1. The number of methoxy groups -OCH3 is 1. The van der Waals surface area contributed by atoms with E-state index in [2.05, 4.69) is 20.4 Å². The Hall–Kier alpha value is -2.80. The van der Waals surface area contributed by atoms with Gasteiger partial charge in [-0.15, -0.1) is 0 Å². The minimum Gasteiger partial charge on any atom is -0.496 e. The van der Waals surface area contributed by atoms with E-state index in [9.17, 15) is 4.39 Å². The average Bonchev–Trinajstić information content (AvgIpc) is 3.10. The molecule has 0 spiro atoms. The fourth-order valence-corrected chi connectivity index (χ4v) is 3.14. The molecule has 0 unspecified atom stereocenters. The Balaban J connectivity index is 1.81. The molecular formula is C18H17FN4O2. The molecule has 0 aliphatic carbocycles. The van der Waals surface area contributed by atoms with Gasteiger partial charge in [0.2, 0.25) is 5.82 Å². The number of pyridine rings is 1. The van der Waals surface area contributed by atoms with E-state index in [4.69, 9.17) is 9.26 Å². The highest BCUT2D eigenvalue weighted by atomic mass is 19.1. The molecule has 0 amide bonds. The molecule has 0 bridgehead atoms. The first-order valence-electron chi connectivity index (χ1n) is 8.03. The van der Waals surface area contributed by atoms with Crippen molar-refractivity contribution >= 4 is 0 Å². The lowest BCUT2D eigenvalue weighted by atomic mass is 9.95. The van der Waals surface area contributed by atoms with Crippen LogP contribution < -0.4 is 10.1 Å². The fourth-order valence-electron chi connectivity index (χ4n) is 3.14. The predicted molar refractivity (Wildman–Crippen MR) is 89.6 cm³/mol. The molecule has 7 heteroatoms. The molecule has 1 N–H and O–H groups in total. The van der Waals surface area contributed by atoms with E-state index in [-0.39, 0.29) is 11.7 Å². The van der Waals surface area contributed by atoms with Gasteiger partial charge in [0.15, 0.2) is 0 Å². The van der Waals surface area contributed by atoms with Crippen LogP contribution in [0.3, 0.4) is 0 Å². The van der Waals surface area contributed by atoms with Crippen molar-refractivity contribution in [2.45, 2.75) is 19.9 Å². The maximum absolute atomic E-state index is 13.4. The molecule has 2 aromatic heterocycles. The van der Waals surface area contributed by atoms with E-state index in [1.54, 1.807) is 6.07 Å². The summed E-state index contributed by atoms with van der Waals surface area (Å²) in [6.45, 7) is 3.62. The summed E-state index contributed by atoms with van der Waals surface area (Å²) in [5.74, 6) is 0.747. The Kier molecular flexibility index (Phi) is 3.93. The lowest BCUT2D eigenvalue weighted by molar-refractivity contribution is 0.403. The van der Waals surface area contributed by atoms with Gasteiger partial charge in [-0.3, -0.25) is 4.98 Å². The molecule has 0 atom stereocenters. The predicted octanol–water partition coefficient (Wildman–Crippen LogP) is 2.90. The molecule has 0 fully saturated rings. The molecule has 4 rings (SSSR count). The Morgan fingerprint density at radius 1 is 1.32 bits per heavy atom. The van der Waals surface area contributed by atoms with Gasteiger partial charge in [-0.1, -0.05) is 5.16 Å². The van der Waals surface area contributed by atoms with Crippen LogP contribution in [0, 0.1) is 12.7 Å². The zero-order valence-corrected chi connectivity index (χ0v) is 14.0. The van der Waals surface area contributed by atoms with E-state index in [1.807, 2.05) is 13.1 Å². The van der Waals surface area contributed by atoms with Crippen LogP contribution in [0.1, 0.15) is 16.8 Å². The van der Waals surface area contributed by atoms with Crippen molar-refractivity contribution in [3.63, 3.8) is 0 Å². The monoisotopic (exact) mass is 340 g/mol. The third-order valence-electron chi connectivity index (χ3n) is 4.38. The molecule has 1 aliphatic heterocycles. The molecule has 128 valence electrons. The summed E-state index contributed by atoms with van der Waals surface area (Å²) in [5.41, 5.74) is 4.68. The maximum Gasteiger partial charge on any atom is 0.262 e. The standard InChI is InChI=1S/C18H17FN4O2/c1-10-16(13-5-6-20-8-11(13)9-21-10)17-22-18(25-23-17)14-4-3-12(19)7-15(14)24-2/h3-4,7,9,20H,5-6,8H2,1-2H3. The Morgan fingerprint density at radius 3 is 3.04 bits per heavy atom. The van der Waals surface area contributed by atoms with E-state index in [0.29, 0.717) is 17.1 Å². The number of nitrogens with zero attached hydrogens (tertiary/aromatic N) is 3. The molecule has 3 heterocycles. The first-order valence-corrected chi connectivity index (χ1v) is 8.03. The van der Waals surface area contributed by atoms with Crippen molar-refractivity contribution < 1.29 is 13.7 Å². The molecule has 3 aromatic rings. The van der Waals surface area contributed by atoms with Crippen LogP contribution in [0.15, 0.2) is 28.9 Å². The SMILES string of the molecule is COc1cc(F)ccc1-c1nc(-c2c(C)ncc3c2CCNC3)no1. The lowest BCUT2D eigenvalue weighted by Crippen LogP contribution is -2.24. The highest BCUT2D eigenvalue weighted by Gasteiger charge is 2.22. The van der Waals surface area contributed by atoms with Crippen molar-refractivity contribution in [1.82, 2.24) is 20.4 Å². The van der Waals surface area contributed by atoms with Gasteiger partial charge in [-0.2, -0.15) is 4.98 Å². The summed E-state index contributed by atoms with van der Waals surface area (Å²) in [4.78, 5) is 8.98. The van der Waals surface area contributed by atoms with Crippen LogP contribution in [-0.4, -0.2) is 28.8 Å². The van der Waals surface area contributed by atoms with Gasteiger partial charge in [0.25, 0.3) is 5.89 Å². The van der Waals surface area contributed by atoms with Crippen LogP contribution >= 0.6 is 0 Å². The van der Waals surface area contributed by atoms with Gasteiger partial charge in [-0.25, -0.2) is 4.39 Å². The van der Waals surface area contributed by atoms with Gasteiger partial charge in [0.1, 0.15) is 11.6 Å². The highest BCUT2D eigenvalue weighted by Crippen LogP contribution is 2.33. The van der Waals surface area contributed by atoms with Gasteiger partial charge in [0, 0.05) is 30.1 Å². The van der Waals surface area contributed by atoms with Gasteiger partial charge < -0.3 is 14.6 Å². The Labute approximate surface area is 144 Å². The van der Waals surface area contributed by atoms with E-state index in [0.717, 1.165) is 36.3 Å². The largest absolute Gasteiger partial charge is 0.496 e. The first kappa shape index (κ1) is 15.7. The molecule has 0 saturated heterocycles. The number of aromatic nitrogens is 3. The zero-order valence-electron chi connectivity index (χ0n) is 14.0. The van der Waals surface area contributed by atoms with Crippen LogP contribution in [0.2, 0.25) is 0 Å². The molecular weight excluding hydrogens is 323 g/mol. The number of aryl methyl sites for hydroxylation is 1. The van der Waals surface area contributed by atoms with Crippen molar-refractivity contribution in [2.75, 3.05) is 13.7 Å². The smallest absolute Gasteiger partial charge is 0.262 e. The van der Waals surface area contributed by atoms with Crippen molar-refractivity contribution in [3.8, 4) is 28.6 Å². The summed E-state index contributed by atoms with van der Waals surface area (Å²) in [6, 6.07) is 4.20. The minimum atomic E-state index is -0.384. The van der Waals surface area contributed by atoms with Gasteiger partial charge in [-0.05, 0) is 43.1 Å². The van der Waals surface area contributed by atoms with E-state index in [1.165, 1.54) is 24.8 Å². The summed E-state index contributed by atoms with van der Waals surface area (Å²) in [5, 5.41) is 7.47. The number of hydrogen-bond acceptors (Lipinski definition) is 6. The van der Waals surface area contributed by atoms with E-state index < -0.39 is 0 Å². The van der Waals surface area contributed by atoms with Gasteiger partial charge >= 0.3 is 0 Å². The van der Waals surface area contributed by atoms with Crippen LogP contribution in [0.5, 0.6) is 5.75 Å². The second-order valence-corrected chi connectivity index (χ2v) is 5.92. The molecule has 0 radical (unpaired) electrons. The summed E-state index contributed by atoms with van der Waals surface area (Å²) < 4.78 is 24.0. The topological polar surface area (TPSA) is 73.1 Å². The molecule has 25 heavy (non-hydrogen) atoms. The minimum absolute atomic E-state index is 0.290. The first-order chi connectivity index (χ1) is 12.2. The second-order valence-electron chi connectivity index (χ2n) is 5.92. The summed E-state index contributed by atoms with van der Waals surface area (Å²) in [7, 11) is 1.48. The number of halogens is 1. The normalized spacial score (nSPS) is 13.6. The quantitative estimate of drug-likeness (QED) is 0.790. The Bertz CT molecular complexity index is 939. The zero-order chi connectivity index (χ0) is 17.4. The Morgan fingerprint density at radius 2 is 2.20 bits per heavy atom. The molecule has 1 aliphatic rings. The summed E-state index contributed by atoms with van der Waals surface area (Å²) >= 11 is 0. The molecule has 6 nitrogen and oxygen atoms in total. The van der Waals surface area contributed by atoms with Crippen molar-refractivity contribution in [1.29, 1.82) is 0 Å². The van der Waals surface area contributed by atoms with Crippen molar-refractivity contribution in [3.05, 3.63) is 47.0 Å². The fraction of sp³-hybridized carbons (Fsp3) is 0.278. The number of benzene rings is 1. The number of nitrogens with one attached hydrogen (secondary N) is 1. The molecule has 0 saturated carbocycles. The van der Waals surface area contributed by atoms with Crippen LogP contribution in [0.25, 0.3) is 22.8 Å².